The lowest BCUT2D eigenvalue weighted by Gasteiger charge is -2.16. The molecule has 0 aliphatic rings. The Balaban J connectivity index is 1.63. The van der Waals surface area contributed by atoms with Crippen molar-refractivity contribution in [2.24, 2.45) is 0 Å². The van der Waals surface area contributed by atoms with E-state index in [0.717, 1.165) is 23.6 Å². The zero-order chi connectivity index (χ0) is 22.4. The van der Waals surface area contributed by atoms with Crippen LogP contribution in [0.1, 0.15) is 43.8 Å². The fraction of sp³-hybridized carbons (Fsp3) is 0.348. The van der Waals surface area contributed by atoms with Gasteiger partial charge in [0, 0.05) is 17.3 Å². The van der Waals surface area contributed by atoms with Gasteiger partial charge >= 0.3 is 0 Å². The second kappa shape index (κ2) is 10.7. The molecule has 0 radical (unpaired) electrons. The van der Waals surface area contributed by atoms with Gasteiger partial charge in [-0.2, -0.15) is 0 Å². The minimum absolute atomic E-state index is 0.122. The van der Waals surface area contributed by atoms with E-state index >= 15 is 0 Å². The number of rotatable bonds is 9. The summed E-state index contributed by atoms with van der Waals surface area (Å²) in [6, 6.07) is 13.5. The standard InChI is InChI=1S/C23H27ClN4O2S/c1-5-17-8-11-19(12-9-17)30-16(4)22-26-27-23(28(22)6-2)31-14-21(29)25-20-13-18(24)10-7-15(20)3/h7-13,16H,5-6,14H2,1-4H3,(H,25,29)/t16-/m0/s1. The Labute approximate surface area is 192 Å². The fourth-order valence-electron chi connectivity index (χ4n) is 3.11. The van der Waals surface area contributed by atoms with Crippen molar-refractivity contribution in [3.8, 4) is 5.75 Å². The molecule has 2 aromatic carbocycles. The number of ether oxygens (including phenoxy) is 1. The summed E-state index contributed by atoms with van der Waals surface area (Å²) in [5.41, 5.74) is 2.94. The number of anilines is 1. The molecule has 0 bridgehead atoms. The van der Waals surface area contributed by atoms with E-state index in [4.69, 9.17) is 16.3 Å². The van der Waals surface area contributed by atoms with Crippen LogP contribution in [0.2, 0.25) is 5.02 Å². The lowest BCUT2D eigenvalue weighted by atomic mass is 10.2. The number of amides is 1. The first-order chi connectivity index (χ1) is 14.9. The van der Waals surface area contributed by atoms with Crippen LogP contribution >= 0.6 is 23.4 Å². The van der Waals surface area contributed by atoms with Gasteiger partial charge in [0.05, 0.1) is 5.75 Å². The lowest BCUT2D eigenvalue weighted by Crippen LogP contribution is -2.16. The van der Waals surface area contributed by atoms with E-state index in [1.54, 1.807) is 12.1 Å². The number of aromatic nitrogens is 3. The molecule has 1 aromatic heterocycles. The molecule has 3 rings (SSSR count). The van der Waals surface area contributed by atoms with Crippen LogP contribution in [0.3, 0.4) is 0 Å². The Morgan fingerprint density at radius 3 is 2.61 bits per heavy atom. The van der Waals surface area contributed by atoms with Crippen molar-refractivity contribution < 1.29 is 9.53 Å². The molecule has 0 fully saturated rings. The van der Waals surface area contributed by atoms with E-state index in [9.17, 15) is 4.79 Å². The van der Waals surface area contributed by atoms with E-state index in [1.165, 1.54) is 17.3 Å². The van der Waals surface area contributed by atoms with Gasteiger partial charge in [0.25, 0.3) is 0 Å². The zero-order valence-corrected chi connectivity index (χ0v) is 19.8. The summed E-state index contributed by atoms with van der Waals surface area (Å²) in [4.78, 5) is 12.4. The number of thioether (sulfide) groups is 1. The number of carbonyl (C=O) groups excluding carboxylic acids is 1. The number of aryl methyl sites for hydroxylation is 2. The number of carbonyl (C=O) groups is 1. The highest BCUT2D eigenvalue weighted by molar-refractivity contribution is 7.99. The smallest absolute Gasteiger partial charge is 0.234 e. The van der Waals surface area contributed by atoms with Crippen LogP contribution in [-0.4, -0.2) is 26.4 Å². The SMILES string of the molecule is CCc1ccc(O[C@@H](C)c2nnc(SCC(=O)Nc3cc(Cl)ccc3C)n2CC)cc1. The van der Waals surface area contributed by atoms with Crippen molar-refractivity contribution in [1.82, 2.24) is 14.8 Å². The molecular weight excluding hydrogens is 432 g/mol. The third-order valence-electron chi connectivity index (χ3n) is 4.88. The molecule has 1 N–H and O–H groups in total. The predicted molar refractivity (Wildman–Crippen MR) is 126 cm³/mol. The van der Waals surface area contributed by atoms with E-state index in [1.807, 2.05) is 43.5 Å². The van der Waals surface area contributed by atoms with Crippen LogP contribution in [0.4, 0.5) is 5.69 Å². The molecule has 31 heavy (non-hydrogen) atoms. The topological polar surface area (TPSA) is 69.0 Å². The maximum atomic E-state index is 12.4. The molecule has 8 heteroatoms. The average molecular weight is 459 g/mol. The molecular formula is C23H27ClN4O2S. The molecule has 1 amide bonds. The van der Waals surface area contributed by atoms with Gasteiger partial charge in [-0.1, -0.05) is 48.5 Å². The highest BCUT2D eigenvalue weighted by atomic mass is 35.5. The highest BCUT2D eigenvalue weighted by Gasteiger charge is 2.19. The number of halogens is 1. The van der Waals surface area contributed by atoms with Gasteiger partial charge in [0.1, 0.15) is 5.75 Å². The summed E-state index contributed by atoms with van der Waals surface area (Å²) in [5, 5.41) is 12.8. The monoisotopic (exact) mass is 458 g/mol. The normalized spacial score (nSPS) is 11.9. The average Bonchev–Trinajstić information content (AvgIpc) is 3.18. The molecule has 1 heterocycles. The Morgan fingerprint density at radius 2 is 1.94 bits per heavy atom. The molecule has 0 spiro atoms. The molecule has 0 saturated carbocycles. The number of hydrogen-bond acceptors (Lipinski definition) is 5. The Kier molecular flexibility index (Phi) is 7.98. The van der Waals surface area contributed by atoms with Gasteiger partial charge in [-0.15, -0.1) is 10.2 Å². The first-order valence-electron chi connectivity index (χ1n) is 10.3. The lowest BCUT2D eigenvalue weighted by molar-refractivity contribution is -0.113. The van der Waals surface area contributed by atoms with Gasteiger partial charge in [0.2, 0.25) is 5.91 Å². The maximum absolute atomic E-state index is 12.4. The maximum Gasteiger partial charge on any atom is 0.234 e. The summed E-state index contributed by atoms with van der Waals surface area (Å²) in [5.74, 6) is 1.62. The van der Waals surface area contributed by atoms with Crippen molar-refractivity contribution in [3.63, 3.8) is 0 Å². The quantitative estimate of drug-likeness (QED) is 0.417. The minimum atomic E-state index is -0.266. The third kappa shape index (κ3) is 6.02. The third-order valence-corrected chi connectivity index (χ3v) is 6.08. The van der Waals surface area contributed by atoms with Crippen LogP contribution in [0.5, 0.6) is 5.75 Å². The van der Waals surface area contributed by atoms with Crippen LogP contribution < -0.4 is 10.1 Å². The first kappa shape index (κ1) is 23.2. The molecule has 0 aliphatic heterocycles. The Morgan fingerprint density at radius 1 is 1.19 bits per heavy atom. The summed E-state index contributed by atoms with van der Waals surface area (Å²) >= 11 is 7.38. The Bertz CT molecular complexity index is 1040. The molecule has 0 unspecified atom stereocenters. The molecule has 1 atom stereocenters. The van der Waals surface area contributed by atoms with Gasteiger partial charge in [0.15, 0.2) is 17.1 Å². The van der Waals surface area contributed by atoms with Crippen molar-refractivity contribution in [1.29, 1.82) is 0 Å². The second-order valence-corrected chi connectivity index (χ2v) is 8.52. The van der Waals surface area contributed by atoms with Gasteiger partial charge in [-0.05, 0) is 62.6 Å². The molecule has 0 saturated heterocycles. The number of hydrogen-bond donors (Lipinski definition) is 1. The summed E-state index contributed by atoms with van der Waals surface area (Å²) in [6.45, 7) is 8.71. The Hall–Kier alpha value is -2.51. The number of nitrogens with zero attached hydrogens (tertiary/aromatic N) is 3. The summed E-state index contributed by atoms with van der Waals surface area (Å²) in [6.07, 6.45) is 0.725. The number of benzene rings is 2. The highest BCUT2D eigenvalue weighted by Crippen LogP contribution is 2.26. The second-order valence-electron chi connectivity index (χ2n) is 7.14. The van der Waals surface area contributed by atoms with E-state index in [-0.39, 0.29) is 17.8 Å². The van der Waals surface area contributed by atoms with Crippen LogP contribution in [0, 0.1) is 6.92 Å². The van der Waals surface area contributed by atoms with Gasteiger partial charge < -0.3 is 14.6 Å². The van der Waals surface area contributed by atoms with Crippen molar-refractivity contribution >= 4 is 35.0 Å². The molecule has 6 nitrogen and oxygen atoms in total. The van der Waals surface area contributed by atoms with Crippen LogP contribution in [0.15, 0.2) is 47.6 Å². The van der Waals surface area contributed by atoms with Gasteiger partial charge in [-0.3, -0.25) is 4.79 Å². The predicted octanol–water partition coefficient (Wildman–Crippen LogP) is 5.69. The van der Waals surface area contributed by atoms with Crippen molar-refractivity contribution in [3.05, 3.63) is 64.4 Å². The van der Waals surface area contributed by atoms with Crippen LogP contribution in [0.25, 0.3) is 0 Å². The largest absolute Gasteiger partial charge is 0.483 e. The van der Waals surface area contributed by atoms with E-state index < -0.39 is 0 Å². The summed E-state index contributed by atoms with van der Waals surface area (Å²) < 4.78 is 8.04. The van der Waals surface area contributed by atoms with E-state index in [2.05, 4.69) is 34.6 Å². The van der Waals surface area contributed by atoms with Crippen LogP contribution in [-0.2, 0) is 17.8 Å². The molecule has 164 valence electrons. The van der Waals surface area contributed by atoms with Gasteiger partial charge in [-0.25, -0.2) is 0 Å². The number of nitrogens with one attached hydrogen (secondary N) is 1. The molecule has 3 aromatic rings. The van der Waals surface area contributed by atoms with Crippen molar-refractivity contribution in [2.45, 2.75) is 51.9 Å². The molecule has 0 aliphatic carbocycles. The van der Waals surface area contributed by atoms with Crippen molar-refractivity contribution in [2.75, 3.05) is 11.1 Å². The summed E-state index contributed by atoms with van der Waals surface area (Å²) in [7, 11) is 0. The first-order valence-corrected chi connectivity index (χ1v) is 11.6. The fourth-order valence-corrected chi connectivity index (χ4v) is 4.09. The zero-order valence-electron chi connectivity index (χ0n) is 18.2. The minimum Gasteiger partial charge on any atom is -0.483 e. The van der Waals surface area contributed by atoms with E-state index in [0.29, 0.717) is 22.4 Å².